The first kappa shape index (κ1) is 11.5. The van der Waals surface area contributed by atoms with Crippen LogP contribution >= 0.6 is 0 Å². The number of carbonyl (C=O) groups is 1. The van der Waals surface area contributed by atoms with Gasteiger partial charge in [0.15, 0.2) is 0 Å². The molecule has 0 saturated heterocycles. The Morgan fingerprint density at radius 1 is 1.47 bits per heavy atom. The Hall–Kier alpha value is -1.95. The van der Waals surface area contributed by atoms with E-state index in [1.165, 1.54) is 6.20 Å². The summed E-state index contributed by atoms with van der Waals surface area (Å²) in [6.45, 7) is 1.72. The van der Waals surface area contributed by atoms with E-state index in [1.807, 2.05) is 0 Å². The Labute approximate surface area is 101 Å². The Balaban J connectivity index is 2.50. The molecule has 0 saturated carbocycles. The molecule has 17 heavy (non-hydrogen) atoms. The zero-order valence-corrected chi connectivity index (χ0v) is 9.95. The van der Waals surface area contributed by atoms with E-state index in [0.717, 1.165) is 0 Å². The lowest BCUT2D eigenvalue weighted by molar-refractivity contribution is 0.0999. The first-order valence-electron chi connectivity index (χ1n) is 4.92. The third-order valence-corrected chi connectivity index (χ3v) is 3.81. The summed E-state index contributed by atoms with van der Waals surface area (Å²) in [6, 6.07) is 4.96. The second kappa shape index (κ2) is 4.50. The number of nitrogens with two attached hydrogens (primary N) is 1. The minimum atomic E-state index is -1.43. The summed E-state index contributed by atoms with van der Waals surface area (Å²) in [7, 11) is -1.43. The molecule has 1 aromatic heterocycles. The Bertz CT molecular complexity index is 578. The number of aromatic nitrogens is 2. The fourth-order valence-corrected chi connectivity index (χ4v) is 2.67. The van der Waals surface area contributed by atoms with E-state index in [1.54, 1.807) is 31.3 Å². The number of aromatic amines is 1. The lowest BCUT2D eigenvalue weighted by Gasteiger charge is -2.07. The number of imidazole rings is 1. The number of hydrogen-bond acceptors (Lipinski definition) is 3. The van der Waals surface area contributed by atoms with Gasteiger partial charge in [0.1, 0.15) is 10.8 Å². The van der Waals surface area contributed by atoms with Gasteiger partial charge in [0.2, 0.25) is 11.1 Å². The maximum atomic E-state index is 12.2. The molecule has 0 aliphatic carbocycles. The van der Waals surface area contributed by atoms with E-state index < -0.39 is 16.7 Å². The number of nitrogens with one attached hydrogen (secondary N) is 1. The van der Waals surface area contributed by atoms with Crippen molar-refractivity contribution in [1.82, 2.24) is 9.97 Å². The molecule has 0 bridgehead atoms. The summed E-state index contributed by atoms with van der Waals surface area (Å²) >= 11 is 0. The molecule has 2 rings (SSSR count). The van der Waals surface area contributed by atoms with Gasteiger partial charge in [-0.15, -0.1) is 0 Å². The molecule has 6 heteroatoms. The van der Waals surface area contributed by atoms with Gasteiger partial charge in [0.25, 0.3) is 0 Å². The number of rotatable bonds is 3. The number of carbonyl (C=O) groups excluding carboxylic acids is 1. The van der Waals surface area contributed by atoms with Crippen molar-refractivity contribution in [2.24, 2.45) is 5.73 Å². The largest absolute Gasteiger partial charge is 0.366 e. The van der Waals surface area contributed by atoms with Crippen molar-refractivity contribution in [3.8, 4) is 0 Å². The van der Waals surface area contributed by atoms with E-state index in [0.29, 0.717) is 21.2 Å². The van der Waals surface area contributed by atoms with Gasteiger partial charge in [-0.05, 0) is 24.6 Å². The summed E-state index contributed by atoms with van der Waals surface area (Å²) in [5.74, 6) is -0.527. The van der Waals surface area contributed by atoms with E-state index >= 15 is 0 Å². The molecule has 1 aromatic carbocycles. The maximum Gasteiger partial charge on any atom is 0.249 e. The zero-order valence-electron chi connectivity index (χ0n) is 9.14. The minimum absolute atomic E-state index is 0.356. The summed E-state index contributed by atoms with van der Waals surface area (Å²) in [5.41, 5.74) is 6.24. The number of amides is 1. The monoisotopic (exact) mass is 249 g/mol. The Kier molecular flexibility index (Phi) is 3.06. The van der Waals surface area contributed by atoms with Crippen molar-refractivity contribution in [3.05, 3.63) is 41.7 Å². The van der Waals surface area contributed by atoms with Crippen LogP contribution < -0.4 is 5.73 Å². The number of hydrogen-bond donors (Lipinski definition) is 2. The molecule has 1 atom stereocenters. The summed E-state index contributed by atoms with van der Waals surface area (Å²) < 4.78 is 12.2. The van der Waals surface area contributed by atoms with Crippen molar-refractivity contribution >= 4 is 16.7 Å². The van der Waals surface area contributed by atoms with Gasteiger partial charge in [-0.25, -0.2) is 9.19 Å². The number of primary amides is 1. The standard InChI is InChI=1S/C11H11N3O2S/c1-7-8(10(12)15)3-2-4-9(7)17(16)11-13-5-6-14-11/h2-6H,1H3,(H2,12,15)(H,13,14). The molecule has 1 amide bonds. The van der Waals surface area contributed by atoms with Gasteiger partial charge in [-0.3, -0.25) is 4.79 Å². The van der Waals surface area contributed by atoms with Gasteiger partial charge in [-0.1, -0.05) is 6.07 Å². The lowest BCUT2D eigenvalue weighted by atomic mass is 10.1. The highest BCUT2D eigenvalue weighted by molar-refractivity contribution is 7.85. The molecule has 0 aliphatic heterocycles. The smallest absolute Gasteiger partial charge is 0.249 e. The van der Waals surface area contributed by atoms with E-state index in [4.69, 9.17) is 5.73 Å². The number of benzene rings is 1. The van der Waals surface area contributed by atoms with E-state index in [9.17, 15) is 9.00 Å². The average molecular weight is 249 g/mol. The van der Waals surface area contributed by atoms with Gasteiger partial charge < -0.3 is 10.7 Å². The topological polar surface area (TPSA) is 88.8 Å². The molecule has 1 unspecified atom stereocenters. The Morgan fingerprint density at radius 2 is 2.24 bits per heavy atom. The van der Waals surface area contributed by atoms with Crippen LogP contribution in [-0.4, -0.2) is 20.1 Å². The van der Waals surface area contributed by atoms with Crippen LogP contribution in [0.2, 0.25) is 0 Å². The molecule has 3 N–H and O–H groups in total. The predicted molar refractivity (Wildman–Crippen MR) is 63.0 cm³/mol. The highest BCUT2D eigenvalue weighted by atomic mass is 32.2. The minimum Gasteiger partial charge on any atom is -0.366 e. The first-order chi connectivity index (χ1) is 8.11. The molecule has 88 valence electrons. The van der Waals surface area contributed by atoms with Gasteiger partial charge >= 0.3 is 0 Å². The van der Waals surface area contributed by atoms with Crippen molar-refractivity contribution in [1.29, 1.82) is 0 Å². The number of H-pyrrole nitrogens is 1. The molecule has 1 heterocycles. The van der Waals surface area contributed by atoms with Crippen molar-refractivity contribution < 1.29 is 9.00 Å². The van der Waals surface area contributed by atoms with Crippen LogP contribution in [0.4, 0.5) is 0 Å². The van der Waals surface area contributed by atoms with Crippen LogP contribution in [0.1, 0.15) is 15.9 Å². The lowest BCUT2D eigenvalue weighted by Crippen LogP contribution is -2.14. The highest BCUT2D eigenvalue weighted by Gasteiger charge is 2.15. The summed E-state index contributed by atoms with van der Waals surface area (Å²) in [5, 5.41) is 0.356. The second-order valence-electron chi connectivity index (χ2n) is 3.46. The fraction of sp³-hybridized carbons (Fsp3) is 0.0909. The van der Waals surface area contributed by atoms with Crippen molar-refractivity contribution in [2.75, 3.05) is 0 Å². The molecule has 0 radical (unpaired) electrons. The van der Waals surface area contributed by atoms with Crippen LogP contribution in [0.3, 0.4) is 0 Å². The second-order valence-corrected chi connectivity index (χ2v) is 4.82. The SMILES string of the molecule is Cc1c(C(N)=O)cccc1S(=O)c1ncc[nH]1. The van der Waals surface area contributed by atoms with Gasteiger partial charge in [0, 0.05) is 18.0 Å². The fourth-order valence-electron chi connectivity index (χ4n) is 1.54. The van der Waals surface area contributed by atoms with Crippen LogP contribution in [0.25, 0.3) is 0 Å². The Morgan fingerprint density at radius 3 is 2.82 bits per heavy atom. The van der Waals surface area contributed by atoms with Crippen LogP contribution in [0.15, 0.2) is 40.6 Å². The van der Waals surface area contributed by atoms with E-state index in [-0.39, 0.29) is 0 Å². The van der Waals surface area contributed by atoms with Crippen LogP contribution in [0.5, 0.6) is 0 Å². The molecule has 0 aliphatic rings. The van der Waals surface area contributed by atoms with Crippen LogP contribution in [0, 0.1) is 6.92 Å². The molecule has 2 aromatic rings. The summed E-state index contributed by atoms with van der Waals surface area (Å²) in [6.07, 6.45) is 3.13. The van der Waals surface area contributed by atoms with Gasteiger partial charge in [-0.2, -0.15) is 0 Å². The molecule has 0 spiro atoms. The number of nitrogens with zero attached hydrogens (tertiary/aromatic N) is 1. The molecule has 5 nitrogen and oxygen atoms in total. The summed E-state index contributed by atoms with van der Waals surface area (Å²) in [4.78, 5) is 18.4. The third kappa shape index (κ3) is 2.12. The zero-order chi connectivity index (χ0) is 12.4. The first-order valence-corrected chi connectivity index (χ1v) is 6.07. The van der Waals surface area contributed by atoms with Crippen LogP contribution in [-0.2, 0) is 10.8 Å². The van der Waals surface area contributed by atoms with Crippen molar-refractivity contribution in [2.45, 2.75) is 17.0 Å². The maximum absolute atomic E-state index is 12.2. The normalized spacial score (nSPS) is 12.3. The average Bonchev–Trinajstić information content (AvgIpc) is 2.81. The molecule has 0 fully saturated rings. The van der Waals surface area contributed by atoms with E-state index in [2.05, 4.69) is 9.97 Å². The highest BCUT2D eigenvalue weighted by Crippen LogP contribution is 2.20. The predicted octanol–water partition coefficient (Wildman–Crippen LogP) is 0.984. The molecular weight excluding hydrogens is 238 g/mol. The van der Waals surface area contributed by atoms with Crippen molar-refractivity contribution in [3.63, 3.8) is 0 Å². The van der Waals surface area contributed by atoms with Gasteiger partial charge in [0.05, 0.1) is 4.90 Å². The third-order valence-electron chi connectivity index (χ3n) is 2.40. The molecular formula is C11H11N3O2S. The quantitative estimate of drug-likeness (QED) is 0.849.